The second kappa shape index (κ2) is 9.51. The van der Waals surface area contributed by atoms with Crippen LogP contribution in [0, 0.1) is 5.92 Å². The zero-order valence-corrected chi connectivity index (χ0v) is 16.1. The highest BCUT2D eigenvalue weighted by atomic mass is 32.2. The number of benzene rings is 1. The maximum atomic E-state index is 12.8. The topological polar surface area (TPSA) is 69.6 Å². The molecular formula is C18H32N2O3S. The first-order valence-corrected chi connectivity index (χ1v) is 10.2. The lowest BCUT2D eigenvalue weighted by molar-refractivity contribution is -0.0680. The SMILES string of the molecule is CCCCNS(=O)(=O)N(CC(C)C)C(O)(CC)Cc1ccccc1. The van der Waals surface area contributed by atoms with Gasteiger partial charge in [-0.15, -0.1) is 0 Å². The second-order valence-corrected chi connectivity index (χ2v) is 8.36. The van der Waals surface area contributed by atoms with E-state index in [0.717, 1.165) is 18.4 Å². The van der Waals surface area contributed by atoms with Crippen LogP contribution >= 0.6 is 0 Å². The molecule has 1 atom stereocenters. The fraction of sp³-hybridized carbons (Fsp3) is 0.667. The molecule has 1 unspecified atom stereocenters. The summed E-state index contributed by atoms with van der Waals surface area (Å²) in [5, 5.41) is 11.2. The Labute approximate surface area is 147 Å². The van der Waals surface area contributed by atoms with Crippen molar-refractivity contribution in [3.05, 3.63) is 35.9 Å². The highest BCUT2D eigenvalue weighted by Crippen LogP contribution is 2.26. The Morgan fingerprint density at radius 1 is 1.21 bits per heavy atom. The van der Waals surface area contributed by atoms with Gasteiger partial charge in [0.15, 0.2) is 0 Å². The van der Waals surface area contributed by atoms with E-state index < -0.39 is 15.9 Å². The summed E-state index contributed by atoms with van der Waals surface area (Å²) in [6.07, 6.45) is 2.28. The Kier molecular flexibility index (Phi) is 8.36. The van der Waals surface area contributed by atoms with Crippen LogP contribution in [-0.4, -0.2) is 36.6 Å². The monoisotopic (exact) mass is 356 g/mol. The van der Waals surface area contributed by atoms with Gasteiger partial charge in [-0.25, -0.2) is 4.72 Å². The molecule has 0 heterocycles. The smallest absolute Gasteiger partial charge is 0.281 e. The molecule has 0 aliphatic rings. The lowest BCUT2D eigenvalue weighted by Crippen LogP contribution is -2.57. The molecule has 1 rings (SSSR count). The normalized spacial score (nSPS) is 15.0. The summed E-state index contributed by atoms with van der Waals surface area (Å²) < 4.78 is 29.5. The molecule has 0 aliphatic heterocycles. The van der Waals surface area contributed by atoms with Gasteiger partial charge in [-0.2, -0.15) is 12.7 Å². The molecule has 0 radical (unpaired) electrons. The van der Waals surface area contributed by atoms with Gasteiger partial charge >= 0.3 is 0 Å². The molecule has 6 heteroatoms. The van der Waals surface area contributed by atoms with E-state index in [1.54, 1.807) is 0 Å². The van der Waals surface area contributed by atoms with Crippen molar-refractivity contribution in [2.45, 2.75) is 59.1 Å². The van der Waals surface area contributed by atoms with E-state index in [2.05, 4.69) is 4.72 Å². The molecule has 0 saturated heterocycles. The van der Waals surface area contributed by atoms with Gasteiger partial charge in [-0.05, 0) is 24.3 Å². The van der Waals surface area contributed by atoms with Crippen LogP contribution in [0.5, 0.6) is 0 Å². The summed E-state index contributed by atoms with van der Waals surface area (Å²) in [5.74, 6) is 0.113. The molecular weight excluding hydrogens is 324 g/mol. The Morgan fingerprint density at radius 3 is 2.33 bits per heavy atom. The number of nitrogens with zero attached hydrogens (tertiary/aromatic N) is 1. The fourth-order valence-electron chi connectivity index (χ4n) is 2.59. The third-order valence-electron chi connectivity index (χ3n) is 4.00. The van der Waals surface area contributed by atoms with Crippen LogP contribution in [-0.2, 0) is 16.6 Å². The molecule has 1 aromatic rings. The predicted octanol–water partition coefficient (Wildman–Crippen LogP) is 2.92. The average Bonchev–Trinajstić information content (AvgIpc) is 2.53. The average molecular weight is 357 g/mol. The van der Waals surface area contributed by atoms with Crippen LogP contribution in [0.1, 0.15) is 52.5 Å². The van der Waals surface area contributed by atoms with Crippen molar-refractivity contribution in [1.29, 1.82) is 0 Å². The number of unbranched alkanes of at least 4 members (excludes halogenated alkanes) is 1. The van der Waals surface area contributed by atoms with Gasteiger partial charge in [0.1, 0.15) is 5.72 Å². The van der Waals surface area contributed by atoms with Gasteiger partial charge in [-0.1, -0.05) is 64.4 Å². The summed E-state index contributed by atoms with van der Waals surface area (Å²) in [7, 11) is -3.75. The molecule has 0 fully saturated rings. The molecule has 0 aromatic heterocycles. The summed E-state index contributed by atoms with van der Waals surface area (Å²) in [6.45, 7) is 8.40. The summed E-state index contributed by atoms with van der Waals surface area (Å²) >= 11 is 0. The minimum atomic E-state index is -3.75. The Bertz CT molecular complexity index is 575. The Morgan fingerprint density at radius 2 is 1.83 bits per heavy atom. The Balaban J connectivity index is 3.09. The minimum absolute atomic E-state index is 0.113. The fourth-order valence-corrected chi connectivity index (χ4v) is 4.29. The van der Waals surface area contributed by atoms with Crippen molar-refractivity contribution in [3.63, 3.8) is 0 Å². The van der Waals surface area contributed by atoms with Gasteiger partial charge in [-0.3, -0.25) is 0 Å². The lowest BCUT2D eigenvalue weighted by Gasteiger charge is -2.39. The predicted molar refractivity (Wildman–Crippen MR) is 98.8 cm³/mol. The van der Waals surface area contributed by atoms with Gasteiger partial charge in [0.25, 0.3) is 10.2 Å². The molecule has 1 aromatic carbocycles. The number of hydrogen-bond acceptors (Lipinski definition) is 3. The van der Waals surface area contributed by atoms with E-state index in [1.807, 2.05) is 58.0 Å². The van der Waals surface area contributed by atoms with Gasteiger partial charge < -0.3 is 5.11 Å². The zero-order chi connectivity index (χ0) is 18.2. The van der Waals surface area contributed by atoms with Gasteiger partial charge in [0, 0.05) is 19.5 Å². The van der Waals surface area contributed by atoms with Crippen LogP contribution in [0.25, 0.3) is 0 Å². The van der Waals surface area contributed by atoms with E-state index in [4.69, 9.17) is 0 Å². The van der Waals surface area contributed by atoms with Crippen molar-refractivity contribution in [2.24, 2.45) is 5.92 Å². The summed E-state index contributed by atoms with van der Waals surface area (Å²) in [4.78, 5) is 0. The minimum Gasteiger partial charge on any atom is -0.374 e. The highest BCUT2D eigenvalue weighted by Gasteiger charge is 2.40. The van der Waals surface area contributed by atoms with E-state index in [0.29, 0.717) is 13.0 Å². The maximum Gasteiger partial charge on any atom is 0.281 e. The summed E-state index contributed by atoms with van der Waals surface area (Å²) in [6, 6.07) is 9.51. The van der Waals surface area contributed by atoms with Crippen molar-refractivity contribution in [1.82, 2.24) is 9.03 Å². The number of rotatable bonds is 11. The van der Waals surface area contributed by atoms with E-state index in [9.17, 15) is 13.5 Å². The third-order valence-corrected chi connectivity index (χ3v) is 5.63. The number of nitrogens with one attached hydrogen (secondary N) is 1. The molecule has 5 nitrogen and oxygen atoms in total. The first-order chi connectivity index (χ1) is 11.2. The lowest BCUT2D eigenvalue weighted by atomic mass is 9.99. The van der Waals surface area contributed by atoms with Crippen molar-refractivity contribution in [3.8, 4) is 0 Å². The van der Waals surface area contributed by atoms with Crippen LogP contribution in [0.2, 0.25) is 0 Å². The van der Waals surface area contributed by atoms with Crippen molar-refractivity contribution in [2.75, 3.05) is 13.1 Å². The first-order valence-electron chi connectivity index (χ1n) is 8.79. The molecule has 2 N–H and O–H groups in total. The molecule has 0 spiro atoms. The highest BCUT2D eigenvalue weighted by molar-refractivity contribution is 7.87. The van der Waals surface area contributed by atoms with Crippen LogP contribution in [0.15, 0.2) is 30.3 Å². The molecule has 0 saturated carbocycles. The van der Waals surface area contributed by atoms with Crippen molar-refractivity contribution < 1.29 is 13.5 Å². The van der Waals surface area contributed by atoms with Gasteiger partial charge in [0.05, 0.1) is 0 Å². The first kappa shape index (κ1) is 21.1. The zero-order valence-electron chi connectivity index (χ0n) is 15.3. The largest absolute Gasteiger partial charge is 0.374 e. The van der Waals surface area contributed by atoms with Crippen LogP contribution in [0.3, 0.4) is 0 Å². The molecule has 24 heavy (non-hydrogen) atoms. The number of hydrogen-bond donors (Lipinski definition) is 2. The van der Waals surface area contributed by atoms with Crippen LogP contribution < -0.4 is 4.72 Å². The van der Waals surface area contributed by atoms with Crippen LogP contribution in [0.4, 0.5) is 0 Å². The number of aliphatic hydroxyl groups is 1. The van der Waals surface area contributed by atoms with E-state index in [-0.39, 0.29) is 18.9 Å². The molecule has 138 valence electrons. The van der Waals surface area contributed by atoms with E-state index >= 15 is 0 Å². The molecule has 0 aliphatic carbocycles. The third kappa shape index (κ3) is 6.16. The second-order valence-electron chi connectivity index (χ2n) is 6.68. The standard InChI is InChI=1S/C18H32N2O3S/c1-5-7-13-19-24(22,23)20(15-16(3)4)18(21,6-2)14-17-11-9-8-10-12-17/h8-12,16,19,21H,5-7,13-15H2,1-4H3. The quantitative estimate of drug-likeness (QED) is 0.473. The molecule has 0 amide bonds. The van der Waals surface area contributed by atoms with Gasteiger partial charge in [0.2, 0.25) is 0 Å². The van der Waals surface area contributed by atoms with E-state index in [1.165, 1.54) is 4.31 Å². The summed E-state index contributed by atoms with van der Waals surface area (Å²) in [5.41, 5.74) is -0.525. The Hall–Kier alpha value is -0.950. The maximum absolute atomic E-state index is 12.8. The van der Waals surface area contributed by atoms with Crippen molar-refractivity contribution >= 4 is 10.2 Å². The molecule has 0 bridgehead atoms.